The van der Waals surface area contributed by atoms with Gasteiger partial charge >= 0.3 is 0 Å². The molecular formula is C12H16BrN3. The van der Waals surface area contributed by atoms with E-state index in [9.17, 15) is 0 Å². The van der Waals surface area contributed by atoms with Crippen molar-refractivity contribution >= 4 is 27.0 Å². The third-order valence-corrected chi connectivity index (χ3v) is 3.27. The molecule has 0 radical (unpaired) electrons. The first-order valence-electron chi connectivity index (χ1n) is 5.50. The number of imidazole rings is 1. The van der Waals surface area contributed by atoms with Crippen molar-refractivity contribution in [3.8, 4) is 0 Å². The first-order chi connectivity index (χ1) is 7.65. The molecule has 0 fully saturated rings. The fourth-order valence-electron chi connectivity index (χ4n) is 1.94. The highest BCUT2D eigenvalue weighted by molar-refractivity contribution is 9.10. The molecule has 1 aromatic carbocycles. The summed E-state index contributed by atoms with van der Waals surface area (Å²) in [5.74, 6) is 1.51. The van der Waals surface area contributed by atoms with Gasteiger partial charge in [0.05, 0.1) is 5.52 Å². The topological polar surface area (TPSA) is 43.8 Å². The second-order valence-electron chi connectivity index (χ2n) is 4.17. The number of hydrogen-bond acceptors (Lipinski definition) is 2. The van der Waals surface area contributed by atoms with E-state index in [1.54, 1.807) is 0 Å². The van der Waals surface area contributed by atoms with E-state index in [4.69, 9.17) is 10.7 Å². The molecule has 1 aromatic heterocycles. The second kappa shape index (κ2) is 4.55. The van der Waals surface area contributed by atoms with Crippen molar-refractivity contribution in [2.24, 2.45) is 5.73 Å². The molecule has 1 heterocycles. The zero-order chi connectivity index (χ0) is 11.7. The van der Waals surface area contributed by atoms with Gasteiger partial charge in [0.2, 0.25) is 0 Å². The van der Waals surface area contributed by atoms with E-state index in [-0.39, 0.29) is 0 Å². The van der Waals surface area contributed by atoms with Crippen molar-refractivity contribution in [2.45, 2.75) is 26.3 Å². The highest BCUT2D eigenvalue weighted by Gasteiger charge is 2.14. The molecule has 0 aliphatic heterocycles. The summed E-state index contributed by atoms with van der Waals surface area (Å²) in [7, 11) is 0. The van der Waals surface area contributed by atoms with Crippen LogP contribution in [0.25, 0.3) is 11.0 Å². The van der Waals surface area contributed by atoms with E-state index in [0.717, 1.165) is 27.9 Å². The predicted octanol–water partition coefficient (Wildman–Crippen LogP) is 2.88. The molecule has 0 amide bonds. The Morgan fingerprint density at radius 1 is 1.44 bits per heavy atom. The molecule has 0 aliphatic carbocycles. The number of aromatic nitrogens is 2. The van der Waals surface area contributed by atoms with Crippen molar-refractivity contribution in [1.82, 2.24) is 9.55 Å². The van der Waals surface area contributed by atoms with E-state index in [0.29, 0.717) is 12.5 Å². The van der Waals surface area contributed by atoms with Crippen LogP contribution in [0.2, 0.25) is 0 Å². The van der Waals surface area contributed by atoms with Gasteiger partial charge in [-0.3, -0.25) is 0 Å². The molecule has 3 nitrogen and oxygen atoms in total. The first kappa shape index (κ1) is 11.6. The van der Waals surface area contributed by atoms with Crippen molar-refractivity contribution in [2.75, 3.05) is 6.54 Å². The lowest BCUT2D eigenvalue weighted by Gasteiger charge is -2.09. The van der Waals surface area contributed by atoms with Crippen LogP contribution in [0.5, 0.6) is 0 Å². The maximum atomic E-state index is 5.66. The van der Waals surface area contributed by atoms with Gasteiger partial charge in [0.15, 0.2) is 0 Å². The Labute approximate surface area is 104 Å². The molecule has 0 aliphatic rings. The first-order valence-corrected chi connectivity index (χ1v) is 6.29. The minimum absolute atomic E-state index is 0.408. The highest BCUT2D eigenvalue weighted by atomic mass is 79.9. The molecule has 0 saturated carbocycles. The number of nitrogens with zero attached hydrogens (tertiary/aromatic N) is 2. The fourth-order valence-corrected chi connectivity index (χ4v) is 2.38. The Balaban J connectivity index is 2.70. The van der Waals surface area contributed by atoms with Crippen LogP contribution in [0.3, 0.4) is 0 Å². The SMILES string of the molecule is CC(C)c1nc2c(Br)cccc2n1CCN. The molecule has 0 atom stereocenters. The average Bonchev–Trinajstić information content (AvgIpc) is 2.60. The van der Waals surface area contributed by atoms with Crippen LogP contribution in [0.4, 0.5) is 0 Å². The summed E-state index contributed by atoms with van der Waals surface area (Å²) >= 11 is 3.54. The van der Waals surface area contributed by atoms with Crippen LogP contribution in [0.1, 0.15) is 25.6 Å². The third-order valence-electron chi connectivity index (χ3n) is 2.63. The molecule has 86 valence electrons. The summed E-state index contributed by atoms with van der Waals surface area (Å²) in [6.07, 6.45) is 0. The van der Waals surface area contributed by atoms with Crippen LogP contribution >= 0.6 is 15.9 Å². The maximum Gasteiger partial charge on any atom is 0.112 e. The molecular weight excluding hydrogens is 266 g/mol. The largest absolute Gasteiger partial charge is 0.329 e. The summed E-state index contributed by atoms with van der Waals surface area (Å²) in [6.45, 7) is 5.77. The number of rotatable bonds is 3. The normalized spacial score (nSPS) is 11.6. The third kappa shape index (κ3) is 1.87. The predicted molar refractivity (Wildman–Crippen MR) is 70.6 cm³/mol. The van der Waals surface area contributed by atoms with Gasteiger partial charge in [-0.1, -0.05) is 19.9 Å². The monoisotopic (exact) mass is 281 g/mol. The molecule has 2 aromatic rings. The van der Waals surface area contributed by atoms with E-state index in [2.05, 4.69) is 40.4 Å². The highest BCUT2D eigenvalue weighted by Crippen LogP contribution is 2.27. The van der Waals surface area contributed by atoms with Gasteiger partial charge in [0, 0.05) is 23.5 Å². The van der Waals surface area contributed by atoms with Crippen molar-refractivity contribution in [1.29, 1.82) is 0 Å². The van der Waals surface area contributed by atoms with Crippen molar-refractivity contribution < 1.29 is 0 Å². The van der Waals surface area contributed by atoms with Gasteiger partial charge in [-0.25, -0.2) is 4.98 Å². The van der Waals surface area contributed by atoms with Crippen molar-refractivity contribution in [3.05, 3.63) is 28.5 Å². The lowest BCUT2D eigenvalue weighted by atomic mass is 10.2. The zero-order valence-electron chi connectivity index (χ0n) is 9.57. The summed E-state index contributed by atoms with van der Waals surface area (Å²) < 4.78 is 3.26. The van der Waals surface area contributed by atoms with Gasteiger partial charge in [-0.2, -0.15) is 0 Å². The summed E-state index contributed by atoms with van der Waals surface area (Å²) in [5.41, 5.74) is 7.84. The fraction of sp³-hybridized carbons (Fsp3) is 0.417. The Kier molecular flexibility index (Phi) is 3.30. The lowest BCUT2D eigenvalue weighted by molar-refractivity contribution is 0.641. The smallest absolute Gasteiger partial charge is 0.112 e. The minimum atomic E-state index is 0.408. The molecule has 0 unspecified atom stereocenters. The van der Waals surface area contributed by atoms with E-state index in [1.165, 1.54) is 0 Å². The van der Waals surface area contributed by atoms with Crippen LogP contribution < -0.4 is 5.73 Å². The molecule has 4 heteroatoms. The molecule has 0 spiro atoms. The van der Waals surface area contributed by atoms with Gasteiger partial charge in [-0.15, -0.1) is 0 Å². The molecule has 16 heavy (non-hydrogen) atoms. The minimum Gasteiger partial charge on any atom is -0.329 e. The maximum absolute atomic E-state index is 5.66. The number of benzene rings is 1. The molecule has 2 rings (SSSR count). The summed E-state index contributed by atoms with van der Waals surface area (Å²) in [6, 6.07) is 6.14. The summed E-state index contributed by atoms with van der Waals surface area (Å²) in [5, 5.41) is 0. The van der Waals surface area contributed by atoms with Gasteiger partial charge in [0.1, 0.15) is 11.3 Å². The number of para-hydroxylation sites is 1. The molecule has 0 saturated heterocycles. The standard InChI is InChI=1S/C12H16BrN3/c1-8(2)12-15-11-9(13)4-3-5-10(11)16(12)7-6-14/h3-5,8H,6-7,14H2,1-2H3. The van der Waals surface area contributed by atoms with Crippen LogP contribution in [-0.4, -0.2) is 16.1 Å². The average molecular weight is 282 g/mol. The van der Waals surface area contributed by atoms with Crippen LogP contribution in [0, 0.1) is 0 Å². The Bertz CT molecular complexity index is 502. The summed E-state index contributed by atoms with van der Waals surface area (Å²) in [4.78, 5) is 4.69. The van der Waals surface area contributed by atoms with Gasteiger partial charge in [0.25, 0.3) is 0 Å². The quantitative estimate of drug-likeness (QED) is 0.940. The van der Waals surface area contributed by atoms with Crippen molar-refractivity contribution in [3.63, 3.8) is 0 Å². The number of nitrogens with two attached hydrogens (primary N) is 1. The van der Waals surface area contributed by atoms with E-state index < -0.39 is 0 Å². The lowest BCUT2D eigenvalue weighted by Crippen LogP contribution is -2.13. The number of hydrogen-bond donors (Lipinski definition) is 1. The Morgan fingerprint density at radius 3 is 2.81 bits per heavy atom. The van der Waals surface area contributed by atoms with E-state index >= 15 is 0 Å². The van der Waals surface area contributed by atoms with Gasteiger partial charge < -0.3 is 10.3 Å². The Morgan fingerprint density at radius 2 is 2.19 bits per heavy atom. The second-order valence-corrected chi connectivity index (χ2v) is 5.03. The molecule has 0 bridgehead atoms. The van der Waals surface area contributed by atoms with E-state index in [1.807, 2.05) is 12.1 Å². The van der Waals surface area contributed by atoms with Gasteiger partial charge in [-0.05, 0) is 28.1 Å². The molecule has 2 N–H and O–H groups in total. The zero-order valence-corrected chi connectivity index (χ0v) is 11.2. The van der Waals surface area contributed by atoms with Crippen LogP contribution in [0.15, 0.2) is 22.7 Å². The van der Waals surface area contributed by atoms with Crippen LogP contribution in [-0.2, 0) is 6.54 Å². The Hall–Kier alpha value is -0.870. The number of halogens is 1. The number of fused-ring (bicyclic) bond motifs is 1.